The van der Waals surface area contributed by atoms with E-state index in [4.69, 9.17) is 14.7 Å². The maximum Gasteiger partial charge on any atom is 0.248 e. The summed E-state index contributed by atoms with van der Waals surface area (Å²) in [5, 5.41) is 0. The van der Waals surface area contributed by atoms with Gasteiger partial charge in [-0.05, 0) is 25.0 Å². The minimum absolute atomic E-state index is 0.00268. The lowest BCUT2D eigenvalue weighted by Crippen LogP contribution is -2.50. The first kappa shape index (κ1) is 22.2. The number of rotatable bonds is 7. The fourth-order valence-corrected chi connectivity index (χ4v) is 3.69. The lowest BCUT2D eigenvalue weighted by Gasteiger charge is -2.36. The van der Waals surface area contributed by atoms with E-state index in [2.05, 4.69) is 18.7 Å². The Hall–Kier alpha value is -2.54. The third kappa shape index (κ3) is 4.95. The third-order valence-corrected chi connectivity index (χ3v) is 5.79. The van der Waals surface area contributed by atoms with E-state index in [0.717, 1.165) is 29.3 Å². The number of anilines is 1. The predicted octanol–water partition coefficient (Wildman–Crippen LogP) is 3.32. The molecule has 162 valence electrons. The van der Waals surface area contributed by atoms with Gasteiger partial charge >= 0.3 is 0 Å². The number of methoxy groups -OCH3 is 1. The van der Waals surface area contributed by atoms with Crippen LogP contribution >= 0.6 is 0 Å². The summed E-state index contributed by atoms with van der Waals surface area (Å²) in [7, 11) is 1.53. The Balaban J connectivity index is 1.92. The number of aromatic nitrogens is 2. The van der Waals surface area contributed by atoms with Gasteiger partial charge < -0.3 is 14.5 Å². The number of nitrogens with zero attached hydrogens (tertiary/aromatic N) is 4. The monoisotopic (exact) mass is 414 g/mol. The summed E-state index contributed by atoms with van der Waals surface area (Å²) in [6, 6.07) is 6.84. The zero-order chi connectivity index (χ0) is 21.7. The van der Waals surface area contributed by atoms with Crippen LogP contribution in [0.1, 0.15) is 48.8 Å². The highest BCUT2D eigenvalue weighted by Gasteiger charge is 2.26. The van der Waals surface area contributed by atoms with Crippen LogP contribution in [0.3, 0.4) is 0 Å². The first-order valence-electron chi connectivity index (χ1n) is 10.6. The molecule has 3 rings (SSSR count). The Bertz CT molecular complexity index is 882. The number of aryl methyl sites for hydroxylation is 1. The molecule has 0 radical (unpaired) electrons. The fraction of sp³-hybridized carbons (Fsp3) is 0.522. The van der Waals surface area contributed by atoms with Gasteiger partial charge in [0.1, 0.15) is 24.1 Å². The van der Waals surface area contributed by atoms with Crippen molar-refractivity contribution in [2.75, 3.05) is 44.8 Å². The van der Waals surface area contributed by atoms with Gasteiger partial charge in [-0.3, -0.25) is 4.79 Å². The number of piperazine rings is 1. The highest BCUT2D eigenvalue weighted by molar-refractivity contribution is 5.77. The molecule has 1 atom stereocenters. The molecule has 0 N–H and O–H groups in total. The second-order valence-corrected chi connectivity index (χ2v) is 7.85. The summed E-state index contributed by atoms with van der Waals surface area (Å²) >= 11 is 0. The van der Waals surface area contributed by atoms with Gasteiger partial charge in [-0.1, -0.05) is 32.0 Å². The summed E-state index contributed by atoms with van der Waals surface area (Å²) in [4.78, 5) is 25.8. The van der Waals surface area contributed by atoms with Crippen LogP contribution in [0.4, 0.5) is 10.2 Å². The molecule has 0 bridgehead atoms. The van der Waals surface area contributed by atoms with Crippen LogP contribution in [0.15, 0.2) is 24.3 Å². The van der Waals surface area contributed by atoms with E-state index < -0.39 is 0 Å². The Morgan fingerprint density at radius 1 is 1.20 bits per heavy atom. The van der Waals surface area contributed by atoms with Crippen molar-refractivity contribution in [1.29, 1.82) is 0 Å². The molecule has 1 fully saturated rings. The lowest BCUT2D eigenvalue weighted by atomic mass is 10.0. The average molecular weight is 415 g/mol. The first-order valence-corrected chi connectivity index (χ1v) is 10.6. The number of carbonyl (C=O) groups is 1. The second kappa shape index (κ2) is 9.98. The molecule has 0 spiro atoms. The largest absolute Gasteiger partial charge is 0.375 e. The summed E-state index contributed by atoms with van der Waals surface area (Å²) in [6.45, 7) is 8.90. The van der Waals surface area contributed by atoms with Crippen LogP contribution in [-0.2, 0) is 16.0 Å². The Kier molecular flexibility index (Phi) is 7.37. The highest BCUT2D eigenvalue weighted by atomic mass is 19.1. The van der Waals surface area contributed by atoms with E-state index >= 15 is 0 Å². The molecule has 1 aliphatic rings. The SMILES string of the molecule is CCC(C)c1nc(C)c(Cc2ccccc2F)c(N2CCN(C(=O)COC)CC2)n1. The normalized spacial score (nSPS) is 15.4. The van der Waals surface area contributed by atoms with E-state index in [1.807, 2.05) is 24.0 Å². The molecule has 1 aromatic heterocycles. The standard InChI is InChI=1S/C23H31FN4O2/c1-5-16(2)22-25-17(3)19(14-18-8-6-7-9-20(18)24)23(26-22)28-12-10-27(11-13-28)21(29)15-30-4/h6-9,16H,5,10-15H2,1-4H3. The van der Waals surface area contributed by atoms with Gasteiger partial charge in [-0.15, -0.1) is 0 Å². The Morgan fingerprint density at radius 3 is 2.53 bits per heavy atom. The smallest absolute Gasteiger partial charge is 0.248 e. The van der Waals surface area contributed by atoms with E-state index in [-0.39, 0.29) is 24.2 Å². The molecule has 1 amide bonds. The van der Waals surface area contributed by atoms with Gasteiger partial charge in [0, 0.05) is 56.9 Å². The van der Waals surface area contributed by atoms with Crippen LogP contribution < -0.4 is 4.90 Å². The zero-order valence-electron chi connectivity index (χ0n) is 18.3. The average Bonchev–Trinajstić information content (AvgIpc) is 2.76. The minimum Gasteiger partial charge on any atom is -0.375 e. The van der Waals surface area contributed by atoms with Crippen molar-refractivity contribution in [3.8, 4) is 0 Å². The fourth-order valence-electron chi connectivity index (χ4n) is 3.69. The minimum atomic E-state index is -0.219. The lowest BCUT2D eigenvalue weighted by molar-refractivity contribution is -0.135. The van der Waals surface area contributed by atoms with Gasteiger partial charge in [0.2, 0.25) is 5.91 Å². The van der Waals surface area contributed by atoms with Crippen molar-refractivity contribution < 1.29 is 13.9 Å². The molecule has 6 nitrogen and oxygen atoms in total. The molecule has 30 heavy (non-hydrogen) atoms. The van der Waals surface area contributed by atoms with Crippen molar-refractivity contribution in [3.05, 3.63) is 52.7 Å². The van der Waals surface area contributed by atoms with Crippen LogP contribution in [0.25, 0.3) is 0 Å². The van der Waals surface area contributed by atoms with Crippen LogP contribution in [-0.4, -0.2) is 60.7 Å². The van der Waals surface area contributed by atoms with Gasteiger partial charge in [-0.25, -0.2) is 14.4 Å². The van der Waals surface area contributed by atoms with Crippen molar-refractivity contribution in [2.45, 2.75) is 39.5 Å². The molecule has 1 aliphatic heterocycles. The Labute approximate surface area is 178 Å². The van der Waals surface area contributed by atoms with Crippen LogP contribution in [0.5, 0.6) is 0 Å². The van der Waals surface area contributed by atoms with E-state index in [1.165, 1.54) is 13.2 Å². The number of carbonyl (C=O) groups excluding carboxylic acids is 1. The molecular weight excluding hydrogens is 383 g/mol. The van der Waals surface area contributed by atoms with Crippen molar-refractivity contribution in [3.63, 3.8) is 0 Å². The van der Waals surface area contributed by atoms with Crippen molar-refractivity contribution >= 4 is 11.7 Å². The number of halogens is 1. The quantitative estimate of drug-likeness (QED) is 0.696. The number of hydrogen-bond donors (Lipinski definition) is 0. The number of benzene rings is 1. The van der Waals surface area contributed by atoms with E-state index in [1.54, 1.807) is 6.07 Å². The van der Waals surface area contributed by atoms with Gasteiger partial charge in [-0.2, -0.15) is 0 Å². The summed E-state index contributed by atoms with van der Waals surface area (Å²) in [5.74, 6) is 1.71. The zero-order valence-corrected chi connectivity index (χ0v) is 18.3. The van der Waals surface area contributed by atoms with Crippen LogP contribution in [0.2, 0.25) is 0 Å². The van der Waals surface area contributed by atoms with Gasteiger partial charge in [0.05, 0.1) is 0 Å². The summed E-state index contributed by atoms with van der Waals surface area (Å²) in [5.41, 5.74) is 2.47. The topological polar surface area (TPSA) is 58.6 Å². The molecule has 0 aliphatic carbocycles. The molecule has 0 saturated carbocycles. The van der Waals surface area contributed by atoms with Gasteiger partial charge in [0.15, 0.2) is 0 Å². The van der Waals surface area contributed by atoms with E-state index in [9.17, 15) is 9.18 Å². The first-order chi connectivity index (χ1) is 14.4. The summed E-state index contributed by atoms with van der Waals surface area (Å²) < 4.78 is 19.3. The molecule has 1 unspecified atom stereocenters. The molecule has 2 aromatic rings. The van der Waals surface area contributed by atoms with Gasteiger partial charge in [0.25, 0.3) is 0 Å². The maximum atomic E-state index is 14.3. The number of ether oxygens (including phenoxy) is 1. The molecule has 7 heteroatoms. The van der Waals surface area contributed by atoms with Crippen molar-refractivity contribution in [2.24, 2.45) is 0 Å². The maximum absolute atomic E-state index is 14.3. The highest BCUT2D eigenvalue weighted by Crippen LogP contribution is 2.28. The molecular formula is C23H31FN4O2. The third-order valence-electron chi connectivity index (χ3n) is 5.79. The Morgan fingerprint density at radius 2 is 1.90 bits per heavy atom. The van der Waals surface area contributed by atoms with Crippen LogP contribution in [0, 0.1) is 12.7 Å². The molecule has 1 saturated heterocycles. The second-order valence-electron chi connectivity index (χ2n) is 7.85. The molecule has 2 heterocycles. The number of hydrogen-bond acceptors (Lipinski definition) is 5. The number of amides is 1. The van der Waals surface area contributed by atoms with E-state index in [0.29, 0.717) is 38.2 Å². The van der Waals surface area contributed by atoms with Crippen molar-refractivity contribution in [1.82, 2.24) is 14.9 Å². The summed E-state index contributed by atoms with van der Waals surface area (Å²) in [6.07, 6.45) is 1.39. The molecule has 1 aromatic carbocycles. The predicted molar refractivity (Wildman–Crippen MR) is 115 cm³/mol.